The van der Waals surface area contributed by atoms with Gasteiger partial charge in [-0.3, -0.25) is 4.79 Å². The van der Waals surface area contributed by atoms with E-state index < -0.39 is 0 Å². The monoisotopic (exact) mass is 277 g/mol. The lowest BCUT2D eigenvalue weighted by Crippen LogP contribution is -2.23. The Balaban J connectivity index is 2.06. The molecule has 1 amide bonds. The molecule has 1 aromatic heterocycles. The minimum absolute atomic E-state index is 0.0892. The Morgan fingerprint density at radius 1 is 1.37 bits per heavy atom. The van der Waals surface area contributed by atoms with Gasteiger partial charge in [-0.2, -0.15) is 5.10 Å². The predicted octanol–water partition coefficient (Wildman–Crippen LogP) is 3.06. The maximum atomic E-state index is 11.8. The van der Waals surface area contributed by atoms with E-state index in [9.17, 15) is 4.79 Å². The molecule has 0 saturated heterocycles. The number of hydrogen-bond acceptors (Lipinski definition) is 2. The van der Waals surface area contributed by atoms with Gasteiger partial charge < -0.3 is 5.32 Å². The molecule has 0 fully saturated rings. The zero-order valence-corrected chi connectivity index (χ0v) is 11.5. The number of hydrogen-bond donors (Lipinski definition) is 1. The summed E-state index contributed by atoms with van der Waals surface area (Å²) in [6.45, 7) is 2.78. The fourth-order valence-corrected chi connectivity index (χ4v) is 1.78. The van der Waals surface area contributed by atoms with Gasteiger partial charge in [0.25, 0.3) is 5.91 Å². The highest BCUT2D eigenvalue weighted by Gasteiger charge is 2.08. The van der Waals surface area contributed by atoms with Gasteiger partial charge in [0.1, 0.15) is 0 Å². The van der Waals surface area contributed by atoms with Crippen LogP contribution in [0.3, 0.4) is 0 Å². The molecule has 0 spiro atoms. The third-order valence-corrected chi connectivity index (χ3v) is 3.00. The molecule has 0 aliphatic heterocycles. The molecule has 19 heavy (non-hydrogen) atoms. The lowest BCUT2D eigenvalue weighted by molar-refractivity contribution is 0.0953. The van der Waals surface area contributed by atoms with Crippen LogP contribution in [0, 0.1) is 0 Å². The molecule has 0 aliphatic carbocycles. The molecule has 0 radical (unpaired) electrons. The standard InChI is InChI=1S/C14H16ClN3O/c1-2-3-8-16-14(19)11-9-17-18(10-11)13-6-4-12(15)5-7-13/h4-7,9-10H,2-3,8H2,1H3,(H,16,19). The second kappa shape index (κ2) is 6.38. The molecule has 0 saturated carbocycles. The Bertz CT molecular complexity index is 548. The van der Waals surface area contributed by atoms with E-state index in [1.807, 2.05) is 12.1 Å². The zero-order valence-electron chi connectivity index (χ0n) is 10.8. The molecule has 5 heteroatoms. The zero-order chi connectivity index (χ0) is 13.7. The molecule has 2 rings (SSSR count). The molecule has 0 unspecified atom stereocenters. The first-order valence-electron chi connectivity index (χ1n) is 6.29. The van der Waals surface area contributed by atoms with Crippen LogP contribution in [0.5, 0.6) is 0 Å². The Morgan fingerprint density at radius 3 is 2.79 bits per heavy atom. The number of carbonyl (C=O) groups is 1. The number of aromatic nitrogens is 2. The normalized spacial score (nSPS) is 10.4. The first kappa shape index (κ1) is 13.6. The van der Waals surface area contributed by atoms with Crippen molar-refractivity contribution in [1.29, 1.82) is 0 Å². The van der Waals surface area contributed by atoms with Gasteiger partial charge in [0, 0.05) is 17.8 Å². The van der Waals surface area contributed by atoms with Gasteiger partial charge >= 0.3 is 0 Å². The van der Waals surface area contributed by atoms with E-state index in [4.69, 9.17) is 11.6 Å². The molecular formula is C14H16ClN3O. The Kier molecular flexibility index (Phi) is 4.58. The number of amides is 1. The van der Waals surface area contributed by atoms with E-state index in [2.05, 4.69) is 17.3 Å². The van der Waals surface area contributed by atoms with Gasteiger partial charge in [-0.05, 0) is 30.7 Å². The lowest BCUT2D eigenvalue weighted by atomic mass is 10.3. The van der Waals surface area contributed by atoms with Crippen molar-refractivity contribution in [1.82, 2.24) is 15.1 Å². The molecule has 1 heterocycles. The van der Waals surface area contributed by atoms with Crippen LogP contribution in [0.1, 0.15) is 30.1 Å². The van der Waals surface area contributed by atoms with Crippen molar-refractivity contribution < 1.29 is 4.79 Å². The third-order valence-electron chi connectivity index (χ3n) is 2.75. The summed E-state index contributed by atoms with van der Waals surface area (Å²) >= 11 is 5.83. The van der Waals surface area contributed by atoms with E-state index in [1.54, 1.807) is 29.2 Å². The van der Waals surface area contributed by atoms with E-state index in [-0.39, 0.29) is 5.91 Å². The van der Waals surface area contributed by atoms with Crippen molar-refractivity contribution in [3.05, 3.63) is 47.2 Å². The van der Waals surface area contributed by atoms with Gasteiger partial charge in [0.2, 0.25) is 0 Å². The summed E-state index contributed by atoms with van der Waals surface area (Å²) in [5.41, 5.74) is 1.43. The summed E-state index contributed by atoms with van der Waals surface area (Å²) in [4.78, 5) is 11.8. The van der Waals surface area contributed by atoms with Crippen LogP contribution in [-0.4, -0.2) is 22.2 Å². The molecule has 1 N–H and O–H groups in total. The van der Waals surface area contributed by atoms with Crippen molar-refractivity contribution in [3.8, 4) is 5.69 Å². The van der Waals surface area contributed by atoms with E-state index in [0.29, 0.717) is 17.1 Å². The van der Waals surface area contributed by atoms with Crippen molar-refractivity contribution in [2.24, 2.45) is 0 Å². The van der Waals surface area contributed by atoms with Gasteiger partial charge in [0.15, 0.2) is 0 Å². The predicted molar refractivity (Wildman–Crippen MR) is 75.8 cm³/mol. The molecular weight excluding hydrogens is 262 g/mol. The van der Waals surface area contributed by atoms with E-state index >= 15 is 0 Å². The van der Waals surface area contributed by atoms with Gasteiger partial charge in [-0.15, -0.1) is 0 Å². The Labute approximate surface area is 117 Å². The second-order valence-electron chi connectivity index (χ2n) is 4.26. The van der Waals surface area contributed by atoms with Crippen LogP contribution in [0.4, 0.5) is 0 Å². The molecule has 0 atom stereocenters. The van der Waals surface area contributed by atoms with Crippen molar-refractivity contribution in [2.45, 2.75) is 19.8 Å². The van der Waals surface area contributed by atoms with Crippen LogP contribution in [0.2, 0.25) is 5.02 Å². The van der Waals surface area contributed by atoms with E-state index in [1.165, 1.54) is 0 Å². The van der Waals surface area contributed by atoms with Crippen LogP contribution < -0.4 is 5.32 Å². The first-order valence-corrected chi connectivity index (χ1v) is 6.67. The highest BCUT2D eigenvalue weighted by atomic mass is 35.5. The number of nitrogens with one attached hydrogen (secondary N) is 1. The number of benzene rings is 1. The highest BCUT2D eigenvalue weighted by Crippen LogP contribution is 2.13. The Hall–Kier alpha value is -1.81. The minimum atomic E-state index is -0.0892. The fourth-order valence-electron chi connectivity index (χ4n) is 1.66. The van der Waals surface area contributed by atoms with Gasteiger partial charge in [0.05, 0.1) is 17.4 Å². The summed E-state index contributed by atoms with van der Waals surface area (Å²) in [6.07, 6.45) is 5.32. The Morgan fingerprint density at radius 2 is 2.11 bits per heavy atom. The summed E-state index contributed by atoms with van der Waals surface area (Å²) in [5.74, 6) is -0.0892. The van der Waals surface area contributed by atoms with Crippen LogP contribution in [-0.2, 0) is 0 Å². The molecule has 4 nitrogen and oxygen atoms in total. The number of unbranched alkanes of at least 4 members (excludes halogenated alkanes) is 1. The van der Waals surface area contributed by atoms with Crippen molar-refractivity contribution in [2.75, 3.05) is 6.54 Å². The van der Waals surface area contributed by atoms with Crippen LogP contribution >= 0.6 is 11.6 Å². The summed E-state index contributed by atoms with van der Waals surface area (Å²) in [5, 5.41) is 7.71. The van der Waals surface area contributed by atoms with E-state index in [0.717, 1.165) is 18.5 Å². The number of carbonyl (C=O) groups excluding carboxylic acids is 1. The molecule has 0 bridgehead atoms. The first-order chi connectivity index (χ1) is 9.20. The third kappa shape index (κ3) is 3.58. The molecule has 100 valence electrons. The van der Waals surface area contributed by atoms with Crippen molar-refractivity contribution in [3.63, 3.8) is 0 Å². The quantitative estimate of drug-likeness (QED) is 0.854. The molecule has 0 aliphatic rings. The van der Waals surface area contributed by atoms with Gasteiger partial charge in [-0.25, -0.2) is 4.68 Å². The minimum Gasteiger partial charge on any atom is -0.352 e. The average molecular weight is 278 g/mol. The SMILES string of the molecule is CCCCNC(=O)c1cnn(-c2ccc(Cl)cc2)c1. The number of nitrogens with zero attached hydrogens (tertiary/aromatic N) is 2. The highest BCUT2D eigenvalue weighted by molar-refractivity contribution is 6.30. The van der Waals surface area contributed by atoms with Crippen LogP contribution in [0.25, 0.3) is 5.69 Å². The molecule has 2 aromatic rings. The maximum absolute atomic E-state index is 11.8. The molecule has 1 aromatic carbocycles. The van der Waals surface area contributed by atoms with Crippen molar-refractivity contribution >= 4 is 17.5 Å². The van der Waals surface area contributed by atoms with Gasteiger partial charge in [-0.1, -0.05) is 24.9 Å². The maximum Gasteiger partial charge on any atom is 0.254 e. The fraction of sp³-hybridized carbons (Fsp3) is 0.286. The summed E-state index contributed by atoms with van der Waals surface area (Å²) in [7, 11) is 0. The second-order valence-corrected chi connectivity index (χ2v) is 4.70. The smallest absolute Gasteiger partial charge is 0.254 e. The number of halogens is 1. The van der Waals surface area contributed by atoms with Crippen LogP contribution in [0.15, 0.2) is 36.7 Å². The average Bonchev–Trinajstić information content (AvgIpc) is 2.89. The lowest BCUT2D eigenvalue weighted by Gasteiger charge is -2.02. The summed E-state index contributed by atoms with van der Waals surface area (Å²) in [6, 6.07) is 7.29. The largest absolute Gasteiger partial charge is 0.352 e. The topological polar surface area (TPSA) is 46.9 Å². The number of rotatable bonds is 5. The summed E-state index contributed by atoms with van der Waals surface area (Å²) < 4.78 is 1.66.